The van der Waals surface area contributed by atoms with Crippen molar-refractivity contribution in [3.8, 4) is 0 Å². The van der Waals surface area contributed by atoms with Gasteiger partial charge in [-0.2, -0.15) is 0 Å². The van der Waals surface area contributed by atoms with Crippen LogP contribution in [-0.2, 0) is 28.6 Å². The first-order chi connectivity index (χ1) is 12.6. The first-order valence-corrected chi connectivity index (χ1v) is 9.56. The van der Waals surface area contributed by atoms with Crippen LogP contribution < -0.4 is 0 Å². The van der Waals surface area contributed by atoms with E-state index in [4.69, 9.17) is 14.2 Å². The van der Waals surface area contributed by atoms with E-state index in [0.29, 0.717) is 25.0 Å². The number of esters is 3. The van der Waals surface area contributed by atoms with Gasteiger partial charge in [0, 0.05) is 18.9 Å². The lowest BCUT2D eigenvalue weighted by atomic mass is 9.73. The third-order valence-corrected chi connectivity index (χ3v) is 5.29. The van der Waals surface area contributed by atoms with Crippen molar-refractivity contribution in [3.05, 3.63) is 23.3 Å². The van der Waals surface area contributed by atoms with E-state index >= 15 is 0 Å². The predicted octanol–water partition coefficient (Wildman–Crippen LogP) is 3.35. The van der Waals surface area contributed by atoms with Crippen LogP contribution in [0.5, 0.6) is 0 Å². The van der Waals surface area contributed by atoms with Gasteiger partial charge in [-0.15, -0.1) is 0 Å². The Morgan fingerprint density at radius 3 is 2.56 bits per heavy atom. The summed E-state index contributed by atoms with van der Waals surface area (Å²) < 4.78 is 16.3. The lowest BCUT2D eigenvalue weighted by Gasteiger charge is -2.37. The lowest BCUT2D eigenvalue weighted by molar-refractivity contribution is -0.155. The Kier molecular flexibility index (Phi) is 6.84. The molecule has 0 aromatic carbocycles. The molecule has 150 valence electrons. The van der Waals surface area contributed by atoms with Gasteiger partial charge < -0.3 is 14.2 Å². The van der Waals surface area contributed by atoms with Gasteiger partial charge in [-0.1, -0.05) is 32.9 Å². The molecule has 1 aliphatic carbocycles. The fourth-order valence-corrected chi connectivity index (χ4v) is 3.91. The second-order valence-electron chi connectivity index (χ2n) is 7.83. The Hall–Kier alpha value is -2.11. The van der Waals surface area contributed by atoms with E-state index in [-0.39, 0.29) is 35.8 Å². The van der Waals surface area contributed by atoms with Gasteiger partial charge in [-0.05, 0) is 31.3 Å². The summed E-state index contributed by atoms with van der Waals surface area (Å²) in [5.74, 6) is -1.49. The second-order valence-corrected chi connectivity index (χ2v) is 7.83. The fourth-order valence-electron chi connectivity index (χ4n) is 3.91. The molecule has 1 fully saturated rings. The minimum Gasteiger partial charge on any atom is -0.466 e. The van der Waals surface area contributed by atoms with Crippen LogP contribution >= 0.6 is 0 Å². The Labute approximate surface area is 160 Å². The topological polar surface area (TPSA) is 78.9 Å². The van der Waals surface area contributed by atoms with E-state index in [1.165, 1.54) is 6.92 Å². The molecular weight excluding hydrogens is 348 g/mol. The van der Waals surface area contributed by atoms with Crippen LogP contribution in [0.2, 0.25) is 0 Å². The van der Waals surface area contributed by atoms with Crippen LogP contribution in [0.15, 0.2) is 23.3 Å². The molecule has 27 heavy (non-hydrogen) atoms. The number of ether oxygens (including phenoxy) is 3. The molecule has 0 aromatic heterocycles. The fraction of sp³-hybridized carbons (Fsp3) is 0.667. The zero-order chi connectivity index (χ0) is 20.3. The smallest absolute Gasteiger partial charge is 0.334 e. The first-order valence-electron chi connectivity index (χ1n) is 9.56. The van der Waals surface area contributed by atoms with Crippen molar-refractivity contribution in [1.29, 1.82) is 0 Å². The van der Waals surface area contributed by atoms with Crippen LogP contribution in [0.1, 0.15) is 53.9 Å². The molecule has 1 saturated heterocycles. The standard InChI is InChI=1S/C21H30O6/c1-11(2)20(23)27-19-17(12(3)8-7-9-25-15(6)22)13(4)10-16-18(19)14(5)21(24)26-16/h11-12,16,18-19H,5,7-10H2,1-4,6H3/t12-,16+,18+,19-/m0/s1. The summed E-state index contributed by atoms with van der Waals surface area (Å²) in [7, 11) is 0. The van der Waals surface area contributed by atoms with Gasteiger partial charge in [-0.3, -0.25) is 9.59 Å². The highest BCUT2D eigenvalue weighted by Gasteiger charge is 2.50. The van der Waals surface area contributed by atoms with Crippen LogP contribution in [0.3, 0.4) is 0 Å². The van der Waals surface area contributed by atoms with E-state index in [2.05, 4.69) is 13.5 Å². The van der Waals surface area contributed by atoms with E-state index < -0.39 is 12.1 Å². The predicted molar refractivity (Wildman–Crippen MR) is 99.6 cm³/mol. The number of carbonyl (C=O) groups is 3. The van der Waals surface area contributed by atoms with Gasteiger partial charge in [0.1, 0.15) is 12.2 Å². The average Bonchev–Trinajstić information content (AvgIpc) is 2.85. The molecule has 0 N–H and O–H groups in total. The summed E-state index contributed by atoms with van der Waals surface area (Å²) >= 11 is 0. The zero-order valence-electron chi connectivity index (χ0n) is 16.9. The van der Waals surface area contributed by atoms with Gasteiger partial charge >= 0.3 is 17.9 Å². The maximum Gasteiger partial charge on any atom is 0.334 e. The van der Waals surface area contributed by atoms with Gasteiger partial charge in [-0.25, -0.2) is 4.79 Å². The molecule has 0 unspecified atom stereocenters. The number of rotatable bonds is 7. The Morgan fingerprint density at radius 2 is 1.96 bits per heavy atom. The van der Waals surface area contributed by atoms with Crippen molar-refractivity contribution >= 4 is 17.9 Å². The summed E-state index contributed by atoms with van der Waals surface area (Å²) in [6.07, 6.45) is 1.25. The van der Waals surface area contributed by atoms with Gasteiger partial charge in [0.25, 0.3) is 0 Å². The minimum atomic E-state index is -0.540. The van der Waals surface area contributed by atoms with E-state index in [1.54, 1.807) is 13.8 Å². The van der Waals surface area contributed by atoms with Crippen molar-refractivity contribution in [2.75, 3.05) is 6.61 Å². The average molecular weight is 378 g/mol. The quantitative estimate of drug-likeness (QED) is 0.222. The highest BCUT2D eigenvalue weighted by atomic mass is 16.6. The zero-order valence-corrected chi connectivity index (χ0v) is 16.9. The van der Waals surface area contributed by atoms with Crippen molar-refractivity contribution in [3.63, 3.8) is 0 Å². The maximum atomic E-state index is 12.3. The van der Waals surface area contributed by atoms with Gasteiger partial charge in [0.2, 0.25) is 0 Å². The molecule has 1 aliphatic heterocycles. The van der Waals surface area contributed by atoms with E-state index in [9.17, 15) is 14.4 Å². The normalized spacial score (nSPS) is 25.9. The van der Waals surface area contributed by atoms with E-state index in [1.807, 2.05) is 6.92 Å². The molecule has 2 rings (SSSR count). The number of hydrogen-bond donors (Lipinski definition) is 0. The molecule has 6 heteroatoms. The number of fused-ring (bicyclic) bond motifs is 1. The highest BCUT2D eigenvalue weighted by molar-refractivity contribution is 5.91. The van der Waals surface area contributed by atoms with Crippen LogP contribution in [0, 0.1) is 17.8 Å². The van der Waals surface area contributed by atoms with Crippen LogP contribution in [-0.4, -0.2) is 36.7 Å². The highest BCUT2D eigenvalue weighted by Crippen LogP contribution is 2.45. The summed E-state index contributed by atoms with van der Waals surface area (Å²) in [6, 6.07) is 0. The van der Waals surface area contributed by atoms with Crippen molar-refractivity contribution < 1.29 is 28.6 Å². The Morgan fingerprint density at radius 1 is 1.30 bits per heavy atom. The molecule has 0 spiro atoms. The first kappa shape index (κ1) is 21.2. The molecular formula is C21H30O6. The van der Waals surface area contributed by atoms with Crippen LogP contribution in [0.25, 0.3) is 0 Å². The third kappa shape index (κ3) is 4.79. The summed E-state index contributed by atoms with van der Waals surface area (Å²) in [6.45, 7) is 13.3. The SMILES string of the molecule is C=C1C(=O)O[C@@H]2CC(C)=C([C@@H](C)CCCOC(C)=O)[C@H](OC(=O)C(C)C)[C@H]12. The number of carbonyl (C=O) groups excluding carboxylic acids is 3. The molecule has 0 radical (unpaired) electrons. The van der Waals surface area contributed by atoms with E-state index in [0.717, 1.165) is 17.6 Å². The van der Waals surface area contributed by atoms with Gasteiger partial charge in [0.15, 0.2) is 0 Å². The Bertz CT molecular complexity index is 660. The monoisotopic (exact) mass is 378 g/mol. The summed E-state index contributed by atoms with van der Waals surface area (Å²) in [5.41, 5.74) is 2.49. The van der Waals surface area contributed by atoms with Crippen molar-refractivity contribution in [2.24, 2.45) is 17.8 Å². The number of hydrogen-bond acceptors (Lipinski definition) is 6. The minimum absolute atomic E-state index is 0.120. The molecule has 4 atom stereocenters. The second kappa shape index (κ2) is 8.72. The van der Waals surface area contributed by atoms with Crippen molar-refractivity contribution in [1.82, 2.24) is 0 Å². The maximum absolute atomic E-state index is 12.3. The molecule has 0 bridgehead atoms. The molecule has 0 saturated carbocycles. The molecule has 0 amide bonds. The van der Waals surface area contributed by atoms with Crippen molar-refractivity contribution in [2.45, 2.75) is 66.1 Å². The summed E-state index contributed by atoms with van der Waals surface area (Å²) in [4.78, 5) is 35.3. The summed E-state index contributed by atoms with van der Waals surface area (Å²) in [5, 5.41) is 0. The molecule has 0 aromatic rings. The molecule has 2 aliphatic rings. The largest absolute Gasteiger partial charge is 0.466 e. The Balaban J connectivity index is 2.23. The molecule has 1 heterocycles. The molecule has 6 nitrogen and oxygen atoms in total. The third-order valence-electron chi connectivity index (χ3n) is 5.29. The lowest BCUT2D eigenvalue weighted by Crippen LogP contribution is -2.41. The van der Waals surface area contributed by atoms with Crippen LogP contribution in [0.4, 0.5) is 0 Å². The van der Waals surface area contributed by atoms with Gasteiger partial charge in [0.05, 0.1) is 18.4 Å².